The van der Waals surface area contributed by atoms with Crippen molar-refractivity contribution in [2.45, 2.75) is 26.2 Å². The lowest BCUT2D eigenvalue weighted by Crippen LogP contribution is -2.25. The molecule has 336 valence electrons. The molecule has 6 nitrogen and oxygen atoms in total. The molecular formula is C64H48N4O2. The fourth-order valence-electron chi connectivity index (χ4n) is 10.5. The van der Waals surface area contributed by atoms with Crippen LogP contribution in [0, 0.1) is 0 Å². The molecule has 1 aliphatic heterocycles. The second-order valence-corrected chi connectivity index (χ2v) is 19.2. The van der Waals surface area contributed by atoms with Gasteiger partial charge in [0.1, 0.15) is 35.1 Å². The highest BCUT2D eigenvalue weighted by atomic mass is 16.5. The number of anilines is 4. The summed E-state index contributed by atoms with van der Waals surface area (Å²) in [5.74, 6) is 2.27. The molecule has 0 unspecified atom stereocenters. The predicted molar refractivity (Wildman–Crippen MR) is 289 cm³/mol. The first kappa shape index (κ1) is 41.3. The van der Waals surface area contributed by atoms with Gasteiger partial charge in [0.25, 0.3) is 0 Å². The number of furan rings is 1. The summed E-state index contributed by atoms with van der Waals surface area (Å²) in [6.07, 6.45) is 1.92. The molecule has 0 spiro atoms. The van der Waals surface area contributed by atoms with E-state index in [1.54, 1.807) is 0 Å². The predicted octanol–water partition coefficient (Wildman–Crippen LogP) is 17.4. The lowest BCUT2D eigenvalue weighted by atomic mass is 9.88. The summed E-state index contributed by atoms with van der Waals surface area (Å²) in [5, 5.41) is 4.35. The van der Waals surface area contributed by atoms with Crippen molar-refractivity contribution in [3.05, 3.63) is 230 Å². The molecule has 0 atom stereocenters. The molecule has 0 aliphatic carbocycles. The molecule has 9 aromatic carbocycles. The summed E-state index contributed by atoms with van der Waals surface area (Å²) >= 11 is 0. The maximum absolute atomic E-state index is 7.10. The lowest BCUT2D eigenvalue weighted by Gasteiger charge is -2.27. The molecule has 0 amide bonds. The maximum atomic E-state index is 7.10. The van der Waals surface area contributed by atoms with Gasteiger partial charge in [-0.15, -0.1) is 0 Å². The van der Waals surface area contributed by atoms with Crippen molar-refractivity contribution in [1.29, 1.82) is 0 Å². The van der Waals surface area contributed by atoms with E-state index in [9.17, 15) is 0 Å². The van der Waals surface area contributed by atoms with E-state index < -0.39 is 0 Å². The van der Waals surface area contributed by atoms with Crippen LogP contribution in [-0.4, -0.2) is 16.2 Å². The van der Waals surface area contributed by atoms with E-state index in [4.69, 9.17) is 14.1 Å². The summed E-state index contributed by atoms with van der Waals surface area (Å²) in [5.41, 5.74) is 16.0. The minimum Gasteiger partial charge on any atom is -0.457 e. The van der Waals surface area contributed by atoms with Crippen LogP contribution >= 0.6 is 0 Å². The zero-order valence-electron chi connectivity index (χ0n) is 39.2. The van der Waals surface area contributed by atoms with Crippen molar-refractivity contribution in [2.24, 2.45) is 0 Å². The van der Waals surface area contributed by atoms with Gasteiger partial charge in [0.2, 0.25) is 0 Å². The van der Waals surface area contributed by atoms with Gasteiger partial charge >= 0.3 is 0 Å². The third-order valence-electron chi connectivity index (χ3n) is 13.8. The molecule has 0 radical (unpaired) electrons. The van der Waals surface area contributed by atoms with Crippen molar-refractivity contribution >= 4 is 66.5 Å². The highest BCUT2D eigenvalue weighted by molar-refractivity contribution is 6.24. The zero-order valence-corrected chi connectivity index (χ0v) is 39.2. The van der Waals surface area contributed by atoms with E-state index >= 15 is 0 Å². The maximum Gasteiger partial charge on any atom is 0.161 e. The van der Waals surface area contributed by atoms with Gasteiger partial charge in [-0.05, 0) is 98.6 Å². The Morgan fingerprint density at radius 2 is 1.17 bits per heavy atom. The fraction of sp³-hybridized carbons (Fsp3) is 0.0781. The average Bonchev–Trinajstić information content (AvgIpc) is 4.08. The normalized spacial score (nSPS) is 12.7. The van der Waals surface area contributed by atoms with Gasteiger partial charge in [-0.25, -0.2) is 4.98 Å². The van der Waals surface area contributed by atoms with Gasteiger partial charge in [0.05, 0.1) is 28.0 Å². The molecule has 12 aromatic rings. The minimum atomic E-state index is -0.0803. The monoisotopic (exact) mass is 904 g/mol. The van der Waals surface area contributed by atoms with E-state index in [0.29, 0.717) is 12.4 Å². The number of ether oxygens (including phenoxy) is 1. The molecule has 1 aliphatic rings. The van der Waals surface area contributed by atoms with E-state index in [0.717, 1.165) is 89.2 Å². The van der Waals surface area contributed by atoms with E-state index in [1.807, 2.05) is 6.20 Å². The van der Waals surface area contributed by atoms with Crippen LogP contribution in [0.1, 0.15) is 26.3 Å². The number of pyridine rings is 1. The van der Waals surface area contributed by atoms with Crippen LogP contribution in [0.3, 0.4) is 0 Å². The number of fused-ring (bicyclic) bond motifs is 8. The van der Waals surface area contributed by atoms with Crippen LogP contribution in [0.5, 0.6) is 11.5 Å². The van der Waals surface area contributed by atoms with Gasteiger partial charge < -0.3 is 19.0 Å². The number of benzene rings is 9. The summed E-state index contributed by atoms with van der Waals surface area (Å²) in [7, 11) is 0. The first-order valence-corrected chi connectivity index (χ1v) is 24.0. The Hall–Kier alpha value is -8.87. The lowest BCUT2D eigenvalue weighted by molar-refractivity contribution is 0.483. The number of para-hydroxylation sites is 3. The largest absolute Gasteiger partial charge is 0.457 e. The van der Waals surface area contributed by atoms with E-state index in [2.05, 4.69) is 254 Å². The molecule has 6 heteroatoms. The molecular weight excluding hydrogens is 857 g/mol. The van der Waals surface area contributed by atoms with Crippen LogP contribution < -0.4 is 14.5 Å². The number of rotatable bonds is 8. The van der Waals surface area contributed by atoms with Crippen molar-refractivity contribution < 1.29 is 9.15 Å². The third-order valence-corrected chi connectivity index (χ3v) is 13.8. The number of aromatic nitrogens is 2. The summed E-state index contributed by atoms with van der Waals surface area (Å²) in [4.78, 5) is 9.93. The first-order valence-electron chi connectivity index (χ1n) is 24.0. The molecule has 70 heavy (non-hydrogen) atoms. The Morgan fingerprint density at radius 1 is 0.514 bits per heavy atom. The summed E-state index contributed by atoms with van der Waals surface area (Å²) in [6, 6.07) is 77.5. The topological polar surface area (TPSA) is 46.7 Å². The Labute approximate surface area is 406 Å². The van der Waals surface area contributed by atoms with Gasteiger partial charge in [0.15, 0.2) is 5.58 Å². The second-order valence-electron chi connectivity index (χ2n) is 19.2. The van der Waals surface area contributed by atoms with Crippen LogP contribution in [0.25, 0.3) is 82.9 Å². The Bertz CT molecular complexity index is 3890. The Morgan fingerprint density at radius 3 is 1.89 bits per heavy atom. The highest BCUT2D eigenvalue weighted by Crippen LogP contribution is 2.51. The minimum absolute atomic E-state index is 0.0803. The van der Waals surface area contributed by atoms with Crippen molar-refractivity contribution in [1.82, 2.24) is 9.55 Å². The second kappa shape index (κ2) is 16.4. The fourth-order valence-corrected chi connectivity index (χ4v) is 10.5. The standard InChI is InChI=1S/C64H48N4O2/c1-64(2,3)47-34-35-65-59(38-47)68-57-40-49(31-32-54(57)63-62(68)60-51-25-14-13-24-45(51)30-33-58(60)70-63)69-50-37-46(42-18-7-4-8-19-42)36-48(39-50)66-41-67(56-29-16-15-28-55(56)66)61-52(43-20-9-5-10-21-43)26-17-27-53(61)44-22-11-6-12-23-44/h4-40H,41H2,1-3H3. The quantitative estimate of drug-likeness (QED) is 0.152. The molecule has 0 N–H and O–H groups in total. The summed E-state index contributed by atoms with van der Waals surface area (Å²) < 4.78 is 16.2. The van der Waals surface area contributed by atoms with Crippen molar-refractivity contribution in [2.75, 3.05) is 16.5 Å². The van der Waals surface area contributed by atoms with E-state index in [-0.39, 0.29) is 5.41 Å². The third kappa shape index (κ3) is 6.99. The van der Waals surface area contributed by atoms with Crippen LogP contribution in [0.4, 0.5) is 22.7 Å². The molecule has 3 aromatic heterocycles. The van der Waals surface area contributed by atoms with Gasteiger partial charge in [-0.3, -0.25) is 4.57 Å². The van der Waals surface area contributed by atoms with Gasteiger partial charge in [0, 0.05) is 40.5 Å². The Kier molecular flexibility index (Phi) is 9.70. The van der Waals surface area contributed by atoms with E-state index in [1.165, 1.54) is 27.8 Å². The first-order chi connectivity index (χ1) is 34.3. The number of nitrogens with zero attached hydrogens (tertiary/aromatic N) is 4. The molecule has 0 saturated heterocycles. The number of hydrogen-bond acceptors (Lipinski definition) is 5. The average molecular weight is 905 g/mol. The summed E-state index contributed by atoms with van der Waals surface area (Å²) in [6.45, 7) is 7.31. The highest BCUT2D eigenvalue weighted by Gasteiger charge is 2.32. The van der Waals surface area contributed by atoms with Gasteiger partial charge in [-0.1, -0.05) is 172 Å². The molecule has 4 heterocycles. The van der Waals surface area contributed by atoms with Crippen LogP contribution in [0.15, 0.2) is 229 Å². The zero-order chi connectivity index (χ0) is 46.9. The SMILES string of the molecule is CC(C)(C)c1ccnc(-n2c3cc(Oc4cc(-c5ccccc5)cc(N5CN(c6c(-c7ccccc7)cccc6-c6ccccc6)c6ccccc65)c4)ccc3c3oc4ccc5ccccc5c4c32)c1. The molecule has 13 rings (SSSR count). The molecule has 0 saturated carbocycles. The van der Waals surface area contributed by atoms with Crippen molar-refractivity contribution in [3.63, 3.8) is 0 Å². The van der Waals surface area contributed by atoms with Crippen LogP contribution in [0.2, 0.25) is 0 Å². The van der Waals surface area contributed by atoms with Crippen molar-refractivity contribution in [3.8, 4) is 50.7 Å². The smallest absolute Gasteiger partial charge is 0.161 e. The molecule has 0 bridgehead atoms. The van der Waals surface area contributed by atoms with Gasteiger partial charge in [-0.2, -0.15) is 0 Å². The molecule has 0 fully saturated rings. The Balaban J connectivity index is 0.967. The van der Waals surface area contributed by atoms with Crippen LogP contribution in [-0.2, 0) is 5.41 Å². The number of hydrogen-bond donors (Lipinski definition) is 0.